The summed E-state index contributed by atoms with van der Waals surface area (Å²) in [6.45, 7) is 0. The molecule has 0 N–H and O–H groups in total. The fourth-order valence-electron chi connectivity index (χ4n) is 1.30. The molecule has 2 aromatic rings. The van der Waals surface area contributed by atoms with E-state index in [1.165, 1.54) is 14.3 Å². The normalized spacial score (nSPS) is 10.8. The van der Waals surface area contributed by atoms with Crippen LogP contribution in [0.3, 0.4) is 0 Å². The van der Waals surface area contributed by atoms with E-state index in [1.807, 2.05) is 12.1 Å². The second kappa shape index (κ2) is 4.13. The van der Waals surface area contributed by atoms with Gasteiger partial charge in [0.05, 0.1) is 16.0 Å². The van der Waals surface area contributed by atoms with E-state index in [1.54, 1.807) is 30.2 Å². The number of methoxy groups -OCH3 is 1. The summed E-state index contributed by atoms with van der Waals surface area (Å²) in [4.78, 5) is 0. The first-order valence-corrected chi connectivity index (χ1v) is 6.89. The topological polar surface area (TPSA) is 9.23 Å². The van der Waals surface area contributed by atoms with Gasteiger partial charge < -0.3 is 4.74 Å². The Balaban J connectivity index is 2.74. The van der Waals surface area contributed by atoms with E-state index in [0.29, 0.717) is 0 Å². The standard InChI is InChI=1S/C10H9BrOS2/c1-12-8-4-3-7(11)6-5-9(13-2)14-10(6)8/h3-5H,1-2H3. The number of rotatable bonds is 2. The molecule has 1 aromatic heterocycles. The molecular formula is C10H9BrOS2. The molecular weight excluding hydrogens is 280 g/mol. The van der Waals surface area contributed by atoms with Crippen molar-refractivity contribution in [3.8, 4) is 5.75 Å². The van der Waals surface area contributed by atoms with Gasteiger partial charge in [-0.1, -0.05) is 15.9 Å². The molecule has 0 atom stereocenters. The van der Waals surface area contributed by atoms with Crippen molar-refractivity contribution in [2.75, 3.05) is 13.4 Å². The van der Waals surface area contributed by atoms with Crippen molar-refractivity contribution >= 4 is 49.1 Å². The maximum absolute atomic E-state index is 5.32. The first-order chi connectivity index (χ1) is 6.76. The van der Waals surface area contributed by atoms with Crippen LogP contribution in [0.2, 0.25) is 0 Å². The molecule has 0 unspecified atom stereocenters. The van der Waals surface area contributed by atoms with Crippen molar-refractivity contribution in [3.05, 3.63) is 22.7 Å². The van der Waals surface area contributed by atoms with Gasteiger partial charge in [0.25, 0.3) is 0 Å². The van der Waals surface area contributed by atoms with Gasteiger partial charge in [-0.05, 0) is 24.5 Å². The second-order valence-electron chi connectivity index (χ2n) is 2.76. The van der Waals surface area contributed by atoms with Crippen LogP contribution in [0, 0.1) is 0 Å². The first kappa shape index (κ1) is 10.3. The molecule has 1 nitrogen and oxygen atoms in total. The van der Waals surface area contributed by atoms with E-state index < -0.39 is 0 Å². The van der Waals surface area contributed by atoms with Crippen LogP contribution in [0.15, 0.2) is 26.9 Å². The van der Waals surface area contributed by atoms with E-state index in [-0.39, 0.29) is 0 Å². The fraction of sp³-hybridized carbons (Fsp3) is 0.200. The third-order valence-corrected chi connectivity index (χ3v) is 4.90. The number of thioether (sulfide) groups is 1. The Morgan fingerprint density at radius 1 is 1.43 bits per heavy atom. The summed E-state index contributed by atoms with van der Waals surface area (Å²) in [7, 11) is 1.71. The molecule has 74 valence electrons. The van der Waals surface area contributed by atoms with Gasteiger partial charge in [-0.2, -0.15) is 0 Å². The molecule has 0 saturated heterocycles. The van der Waals surface area contributed by atoms with Gasteiger partial charge in [-0.25, -0.2) is 0 Å². The van der Waals surface area contributed by atoms with Crippen LogP contribution in [-0.4, -0.2) is 13.4 Å². The summed E-state index contributed by atoms with van der Waals surface area (Å²) in [6, 6.07) is 6.21. The van der Waals surface area contributed by atoms with Crippen molar-refractivity contribution < 1.29 is 4.74 Å². The van der Waals surface area contributed by atoms with E-state index in [2.05, 4.69) is 28.3 Å². The number of hydrogen-bond donors (Lipinski definition) is 0. The zero-order valence-corrected chi connectivity index (χ0v) is 11.1. The second-order valence-corrected chi connectivity index (χ2v) is 5.78. The summed E-state index contributed by atoms with van der Waals surface area (Å²) >= 11 is 7.08. The Labute approximate surface area is 99.6 Å². The summed E-state index contributed by atoms with van der Waals surface area (Å²) in [5, 5.41) is 1.23. The molecule has 0 spiro atoms. The van der Waals surface area contributed by atoms with Crippen molar-refractivity contribution in [2.24, 2.45) is 0 Å². The van der Waals surface area contributed by atoms with Gasteiger partial charge in [0, 0.05) is 9.86 Å². The SMILES string of the molecule is COc1ccc(Br)c2cc(SC)sc12. The third kappa shape index (κ3) is 1.66. The Morgan fingerprint density at radius 2 is 2.21 bits per heavy atom. The molecule has 0 aliphatic rings. The predicted octanol–water partition coefficient (Wildman–Crippen LogP) is 4.39. The Hall–Kier alpha value is -0.190. The summed E-state index contributed by atoms with van der Waals surface area (Å²) in [6.07, 6.45) is 2.09. The molecule has 1 aromatic carbocycles. The zero-order chi connectivity index (χ0) is 10.1. The maximum Gasteiger partial charge on any atom is 0.136 e. The van der Waals surface area contributed by atoms with Crippen LogP contribution in [0.5, 0.6) is 5.75 Å². The van der Waals surface area contributed by atoms with E-state index >= 15 is 0 Å². The summed E-state index contributed by atoms with van der Waals surface area (Å²) in [5.41, 5.74) is 0. The van der Waals surface area contributed by atoms with Gasteiger partial charge in [0.15, 0.2) is 0 Å². The molecule has 0 saturated carbocycles. The molecule has 0 amide bonds. The number of halogens is 1. The molecule has 2 rings (SSSR count). The highest BCUT2D eigenvalue weighted by Gasteiger charge is 2.08. The number of hydrogen-bond acceptors (Lipinski definition) is 3. The van der Waals surface area contributed by atoms with Crippen molar-refractivity contribution in [1.29, 1.82) is 0 Å². The average Bonchev–Trinajstić information content (AvgIpc) is 2.63. The van der Waals surface area contributed by atoms with Crippen LogP contribution in [0.25, 0.3) is 10.1 Å². The molecule has 0 radical (unpaired) electrons. The van der Waals surface area contributed by atoms with Gasteiger partial charge in [-0.3, -0.25) is 0 Å². The van der Waals surface area contributed by atoms with Gasteiger partial charge in [0.1, 0.15) is 5.75 Å². The van der Waals surface area contributed by atoms with Crippen LogP contribution in [0.1, 0.15) is 0 Å². The minimum atomic E-state index is 0.952. The number of thiophene rings is 1. The Bertz CT molecular complexity index is 464. The van der Waals surface area contributed by atoms with Crippen LogP contribution < -0.4 is 4.74 Å². The van der Waals surface area contributed by atoms with E-state index in [9.17, 15) is 0 Å². The highest BCUT2D eigenvalue weighted by molar-refractivity contribution is 9.10. The lowest BCUT2D eigenvalue weighted by atomic mass is 10.2. The average molecular weight is 289 g/mol. The highest BCUT2D eigenvalue weighted by Crippen LogP contribution is 2.40. The quantitative estimate of drug-likeness (QED) is 0.758. The minimum absolute atomic E-state index is 0.952. The Kier molecular flexibility index (Phi) is 3.04. The summed E-state index contributed by atoms with van der Waals surface area (Å²) in [5.74, 6) is 0.952. The van der Waals surface area contributed by atoms with Gasteiger partial charge in [-0.15, -0.1) is 23.1 Å². The minimum Gasteiger partial charge on any atom is -0.495 e. The molecule has 0 aliphatic heterocycles. The monoisotopic (exact) mass is 288 g/mol. The molecule has 0 bridgehead atoms. The molecule has 4 heteroatoms. The van der Waals surface area contributed by atoms with Crippen molar-refractivity contribution in [1.82, 2.24) is 0 Å². The Morgan fingerprint density at radius 3 is 2.86 bits per heavy atom. The number of ether oxygens (including phenoxy) is 1. The lowest BCUT2D eigenvalue weighted by molar-refractivity contribution is 0.420. The van der Waals surface area contributed by atoms with Crippen LogP contribution >= 0.6 is 39.0 Å². The predicted molar refractivity (Wildman–Crippen MR) is 67.9 cm³/mol. The highest BCUT2D eigenvalue weighted by atomic mass is 79.9. The van der Waals surface area contributed by atoms with Gasteiger partial charge in [0.2, 0.25) is 0 Å². The maximum atomic E-state index is 5.32. The number of fused-ring (bicyclic) bond motifs is 1. The van der Waals surface area contributed by atoms with Crippen molar-refractivity contribution in [2.45, 2.75) is 4.21 Å². The van der Waals surface area contributed by atoms with Gasteiger partial charge >= 0.3 is 0 Å². The number of benzene rings is 1. The van der Waals surface area contributed by atoms with E-state index in [0.717, 1.165) is 10.2 Å². The van der Waals surface area contributed by atoms with Crippen molar-refractivity contribution in [3.63, 3.8) is 0 Å². The lowest BCUT2D eigenvalue weighted by Crippen LogP contribution is -1.81. The molecule has 1 heterocycles. The van der Waals surface area contributed by atoms with E-state index in [4.69, 9.17) is 4.74 Å². The molecule has 0 fully saturated rings. The third-order valence-electron chi connectivity index (χ3n) is 1.99. The zero-order valence-electron chi connectivity index (χ0n) is 7.83. The smallest absolute Gasteiger partial charge is 0.136 e. The van der Waals surface area contributed by atoms with Crippen LogP contribution in [0.4, 0.5) is 0 Å². The largest absolute Gasteiger partial charge is 0.495 e. The van der Waals surface area contributed by atoms with Crippen LogP contribution in [-0.2, 0) is 0 Å². The fourth-order valence-corrected chi connectivity index (χ4v) is 3.61. The molecule has 14 heavy (non-hydrogen) atoms. The molecule has 0 aliphatic carbocycles. The lowest BCUT2D eigenvalue weighted by Gasteiger charge is -2.01. The first-order valence-electron chi connectivity index (χ1n) is 4.06. The summed E-state index contributed by atoms with van der Waals surface area (Å²) < 4.78 is 8.97.